The van der Waals surface area contributed by atoms with Gasteiger partial charge in [0.1, 0.15) is 0 Å². The Morgan fingerprint density at radius 3 is 2.89 bits per heavy atom. The van der Waals surface area contributed by atoms with E-state index in [1.807, 2.05) is 25.1 Å². The maximum absolute atomic E-state index is 5.89. The molecule has 0 bridgehead atoms. The summed E-state index contributed by atoms with van der Waals surface area (Å²) in [5, 5.41) is 4.00. The van der Waals surface area contributed by atoms with E-state index < -0.39 is 0 Å². The predicted molar refractivity (Wildman–Crippen MR) is 69.5 cm³/mol. The largest absolute Gasteiger partial charge is 0.399 e. The van der Waals surface area contributed by atoms with Gasteiger partial charge in [0, 0.05) is 25.2 Å². The Balaban J connectivity index is 1.75. The van der Waals surface area contributed by atoms with Crippen molar-refractivity contribution in [3.05, 3.63) is 35.2 Å². The average molecular weight is 244 g/mol. The number of aromatic nitrogens is 2. The minimum atomic E-state index is 0.635. The third-order valence-electron chi connectivity index (χ3n) is 3.29. The Bertz CT molecular complexity index is 560. The molecule has 1 aliphatic rings. The zero-order valence-electron chi connectivity index (χ0n) is 10.4. The molecule has 1 saturated heterocycles. The molecule has 1 aliphatic heterocycles. The van der Waals surface area contributed by atoms with Crippen molar-refractivity contribution in [3.63, 3.8) is 0 Å². The highest BCUT2D eigenvalue weighted by atomic mass is 16.5. The number of anilines is 2. The van der Waals surface area contributed by atoms with Gasteiger partial charge in [-0.2, -0.15) is 4.98 Å². The van der Waals surface area contributed by atoms with Crippen LogP contribution in [0.2, 0.25) is 0 Å². The van der Waals surface area contributed by atoms with Crippen LogP contribution in [0, 0.1) is 6.92 Å². The summed E-state index contributed by atoms with van der Waals surface area (Å²) in [4.78, 5) is 6.47. The molecule has 5 heteroatoms. The smallest absolute Gasteiger partial charge is 0.324 e. The van der Waals surface area contributed by atoms with E-state index in [9.17, 15) is 0 Å². The Hall–Kier alpha value is -2.04. The van der Waals surface area contributed by atoms with Crippen LogP contribution in [0.15, 0.2) is 22.7 Å². The molecule has 0 aliphatic carbocycles. The molecule has 3 rings (SSSR count). The lowest BCUT2D eigenvalue weighted by atomic mass is 10.1. The highest BCUT2D eigenvalue weighted by molar-refractivity contribution is 5.48. The summed E-state index contributed by atoms with van der Waals surface area (Å²) >= 11 is 0. The fourth-order valence-corrected chi connectivity index (χ4v) is 1.93. The number of hydrogen-bond donors (Lipinski definition) is 1. The number of nitrogens with two attached hydrogens (primary N) is 1. The molecule has 0 atom stereocenters. The second-order valence-electron chi connectivity index (χ2n) is 4.70. The molecule has 0 radical (unpaired) electrons. The van der Waals surface area contributed by atoms with E-state index in [1.54, 1.807) is 0 Å². The van der Waals surface area contributed by atoms with Crippen molar-refractivity contribution in [2.45, 2.75) is 19.8 Å². The Morgan fingerprint density at radius 2 is 2.22 bits per heavy atom. The summed E-state index contributed by atoms with van der Waals surface area (Å²) in [7, 11) is 0. The SMILES string of the molecule is Cc1ccc(Cc2noc(N3CCC3)n2)cc1N. The van der Waals surface area contributed by atoms with E-state index in [4.69, 9.17) is 10.3 Å². The van der Waals surface area contributed by atoms with E-state index in [-0.39, 0.29) is 0 Å². The molecule has 0 amide bonds. The number of hydrogen-bond acceptors (Lipinski definition) is 5. The van der Waals surface area contributed by atoms with Crippen molar-refractivity contribution in [2.24, 2.45) is 0 Å². The molecular weight excluding hydrogens is 228 g/mol. The zero-order valence-corrected chi connectivity index (χ0v) is 10.4. The number of nitrogens with zero attached hydrogens (tertiary/aromatic N) is 3. The minimum absolute atomic E-state index is 0.635. The summed E-state index contributed by atoms with van der Waals surface area (Å²) < 4.78 is 5.23. The molecule has 2 heterocycles. The second-order valence-corrected chi connectivity index (χ2v) is 4.70. The lowest BCUT2D eigenvalue weighted by Crippen LogP contribution is -2.37. The van der Waals surface area contributed by atoms with Gasteiger partial charge in [-0.3, -0.25) is 0 Å². The summed E-state index contributed by atoms with van der Waals surface area (Å²) in [6.07, 6.45) is 1.86. The number of nitrogen functional groups attached to an aromatic ring is 1. The normalized spacial score (nSPS) is 14.6. The first-order valence-electron chi connectivity index (χ1n) is 6.15. The van der Waals surface area contributed by atoms with E-state index in [2.05, 4.69) is 15.0 Å². The molecule has 18 heavy (non-hydrogen) atoms. The maximum atomic E-state index is 5.89. The van der Waals surface area contributed by atoms with Gasteiger partial charge in [-0.1, -0.05) is 17.3 Å². The van der Waals surface area contributed by atoms with Crippen molar-refractivity contribution < 1.29 is 4.52 Å². The summed E-state index contributed by atoms with van der Waals surface area (Å²) in [5.74, 6) is 0.708. The second kappa shape index (κ2) is 4.33. The van der Waals surface area contributed by atoms with Crippen LogP contribution in [0.3, 0.4) is 0 Å². The van der Waals surface area contributed by atoms with E-state index >= 15 is 0 Å². The van der Waals surface area contributed by atoms with Crippen molar-refractivity contribution >= 4 is 11.7 Å². The van der Waals surface area contributed by atoms with Crippen molar-refractivity contribution in [1.29, 1.82) is 0 Å². The van der Waals surface area contributed by atoms with Crippen LogP contribution < -0.4 is 10.6 Å². The van der Waals surface area contributed by atoms with Crippen LogP contribution >= 0.6 is 0 Å². The summed E-state index contributed by atoms with van der Waals surface area (Å²) in [5.41, 5.74) is 8.89. The molecule has 1 aromatic heterocycles. The predicted octanol–water partition coefficient (Wildman–Crippen LogP) is 1.76. The third-order valence-corrected chi connectivity index (χ3v) is 3.29. The highest BCUT2D eigenvalue weighted by Gasteiger charge is 2.20. The van der Waals surface area contributed by atoms with Gasteiger partial charge in [0.25, 0.3) is 0 Å². The highest BCUT2D eigenvalue weighted by Crippen LogP contribution is 2.20. The molecular formula is C13H16N4O. The number of rotatable bonds is 3. The molecule has 94 valence electrons. The Morgan fingerprint density at radius 1 is 1.39 bits per heavy atom. The van der Waals surface area contributed by atoms with Gasteiger partial charge in [0.15, 0.2) is 5.82 Å². The van der Waals surface area contributed by atoms with Gasteiger partial charge in [0.2, 0.25) is 0 Å². The molecule has 0 saturated carbocycles. The third kappa shape index (κ3) is 2.03. The van der Waals surface area contributed by atoms with Crippen LogP contribution in [-0.4, -0.2) is 23.2 Å². The van der Waals surface area contributed by atoms with Crippen molar-refractivity contribution in [2.75, 3.05) is 23.7 Å². The topological polar surface area (TPSA) is 68.2 Å². The van der Waals surface area contributed by atoms with Crippen LogP contribution in [0.1, 0.15) is 23.4 Å². The van der Waals surface area contributed by atoms with Gasteiger partial charge < -0.3 is 15.2 Å². The lowest BCUT2D eigenvalue weighted by Gasteiger charge is -2.28. The van der Waals surface area contributed by atoms with E-state index in [0.717, 1.165) is 29.9 Å². The van der Waals surface area contributed by atoms with E-state index in [0.29, 0.717) is 18.3 Å². The number of benzene rings is 1. The van der Waals surface area contributed by atoms with Crippen LogP contribution in [-0.2, 0) is 6.42 Å². The Labute approximate surface area is 106 Å². The van der Waals surface area contributed by atoms with Gasteiger partial charge in [-0.05, 0) is 30.5 Å². The monoisotopic (exact) mass is 244 g/mol. The zero-order chi connectivity index (χ0) is 12.5. The Kier molecular flexibility index (Phi) is 2.66. The first-order valence-corrected chi connectivity index (χ1v) is 6.15. The van der Waals surface area contributed by atoms with E-state index in [1.165, 1.54) is 6.42 Å². The molecule has 1 aromatic carbocycles. The van der Waals surface area contributed by atoms with Gasteiger partial charge >= 0.3 is 6.01 Å². The summed E-state index contributed by atoms with van der Waals surface area (Å²) in [6, 6.07) is 6.66. The average Bonchev–Trinajstić information content (AvgIpc) is 2.69. The first-order chi connectivity index (χ1) is 8.72. The molecule has 5 nitrogen and oxygen atoms in total. The van der Waals surface area contributed by atoms with Gasteiger partial charge in [-0.25, -0.2) is 0 Å². The quantitative estimate of drug-likeness (QED) is 0.833. The van der Waals surface area contributed by atoms with Crippen molar-refractivity contribution in [3.8, 4) is 0 Å². The molecule has 2 aromatic rings. The van der Waals surface area contributed by atoms with Crippen molar-refractivity contribution in [1.82, 2.24) is 10.1 Å². The van der Waals surface area contributed by atoms with Crippen LogP contribution in [0.5, 0.6) is 0 Å². The fraction of sp³-hybridized carbons (Fsp3) is 0.385. The first kappa shape index (κ1) is 11.1. The minimum Gasteiger partial charge on any atom is -0.399 e. The molecule has 1 fully saturated rings. The van der Waals surface area contributed by atoms with Gasteiger partial charge in [-0.15, -0.1) is 0 Å². The lowest BCUT2D eigenvalue weighted by molar-refractivity contribution is 0.392. The van der Waals surface area contributed by atoms with Gasteiger partial charge in [0.05, 0.1) is 0 Å². The number of aryl methyl sites for hydroxylation is 1. The summed E-state index contributed by atoms with van der Waals surface area (Å²) in [6.45, 7) is 4.02. The van der Waals surface area contributed by atoms with Crippen LogP contribution in [0.25, 0.3) is 0 Å². The fourth-order valence-electron chi connectivity index (χ4n) is 1.93. The standard InChI is InChI=1S/C13H16N4O/c1-9-3-4-10(7-11(9)14)8-12-15-13(18-16-12)17-5-2-6-17/h3-4,7H,2,5-6,8,14H2,1H3. The molecule has 0 unspecified atom stereocenters. The molecule has 0 spiro atoms. The van der Waals surface area contributed by atoms with Crippen LogP contribution in [0.4, 0.5) is 11.7 Å². The maximum Gasteiger partial charge on any atom is 0.324 e. The molecule has 2 N–H and O–H groups in total.